The Morgan fingerprint density at radius 2 is 2.17 bits per heavy atom. The second-order valence-electron chi connectivity index (χ2n) is 5.85. The number of hydrogen-bond acceptors (Lipinski definition) is 6. The minimum absolute atomic E-state index is 0.0193. The first-order valence-electron chi connectivity index (χ1n) is 7.68. The van der Waals surface area contributed by atoms with Gasteiger partial charge in [-0.1, -0.05) is 0 Å². The summed E-state index contributed by atoms with van der Waals surface area (Å²) < 4.78 is 28.3. The fourth-order valence-electron chi connectivity index (χ4n) is 2.98. The number of nitrogens with one attached hydrogen (secondary N) is 2. The second-order valence-corrected chi connectivity index (χ2v) is 7.53. The number of benzene rings is 1. The van der Waals surface area contributed by atoms with E-state index in [9.17, 15) is 18.5 Å². The Bertz CT molecular complexity index is 884. The molecular formula is C15H18N4O4S. The van der Waals surface area contributed by atoms with Crippen LogP contribution in [-0.4, -0.2) is 37.0 Å². The highest BCUT2D eigenvalue weighted by atomic mass is 32.2. The zero-order valence-electron chi connectivity index (χ0n) is 13.1. The molecule has 1 fully saturated rings. The molecule has 0 amide bonds. The van der Waals surface area contributed by atoms with Crippen molar-refractivity contribution >= 4 is 26.6 Å². The predicted molar refractivity (Wildman–Crippen MR) is 89.2 cm³/mol. The van der Waals surface area contributed by atoms with Crippen molar-refractivity contribution < 1.29 is 13.3 Å². The molecule has 1 saturated heterocycles. The Balaban J connectivity index is 2.05. The van der Waals surface area contributed by atoms with Crippen molar-refractivity contribution in [1.82, 2.24) is 15.0 Å². The molecule has 2 N–H and O–H groups in total. The van der Waals surface area contributed by atoms with E-state index in [1.807, 2.05) is 6.92 Å². The van der Waals surface area contributed by atoms with E-state index in [2.05, 4.69) is 15.0 Å². The molecule has 2 heterocycles. The van der Waals surface area contributed by atoms with Gasteiger partial charge in [0.1, 0.15) is 4.90 Å². The van der Waals surface area contributed by atoms with Crippen LogP contribution in [0, 0.1) is 10.1 Å². The van der Waals surface area contributed by atoms with Gasteiger partial charge in [-0.2, -0.15) is 0 Å². The molecule has 1 aromatic heterocycles. The highest BCUT2D eigenvalue weighted by Gasteiger charge is 2.29. The Hall–Kier alpha value is -2.10. The summed E-state index contributed by atoms with van der Waals surface area (Å²) in [6.07, 6.45) is 3.05. The van der Waals surface area contributed by atoms with Crippen LogP contribution >= 0.6 is 0 Å². The largest absolute Gasteiger partial charge is 0.313 e. The fraction of sp³-hybridized carbons (Fsp3) is 0.400. The molecule has 1 aromatic carbocycles. The van der Waals surface area contributed by atoms with Gasteiger partial charge in [-0.05, 0) is 44.5 Å². The molecule has 9 heteroatoms. The lowest BCUT2D eigenvalue weighted by molar-refractivity contribution is -0.383. The highest BCUT2D eigenvalue weighted by molar-refractivity contribution is 7.89. The van der Waals surface area contributed by atoms with Crippen molar-refractivity contribution in [2.24, 2.45) is 0 Å². The predicted octanol–water partition coefficient (Wildman–Crippen LogP) is 1.56. The summed E-state index contributed by atoms with van der Waals surface area (Å²) in [6.45, 7) is 2.79. The van der Waals surface area contributed by atoms with Gasteiger partial charge in [-0.15, -0.1) is 0 Å². The van der Waals surface area contributed by atoms with E-state index in [-0.39, 0.29) is 33.6 Å². The number of fused-ring (bicyclic) bond motifs is 1. The third kappa shape index (κ3) is 3.10. The fourth-order valence-corrected chi connectivity index (χ4v) is 4.49. The van der Waals surface area contributed by atoms with Gasteiger partial charge in [0.2, 0.25) is 10.0 Å². The van der Waals surface area contributed by atoms with Crippen LogP contribution in [0.2, 0.25) is 0 Å². The van der Waals surface area contributed by atoms with Crippen molar-refractivity contribution in [2.75, 3.05) is 6.54 Å². The maximum Gasteiger partial charge on any atom is 0.278 e. The molecular weight excluding hydrogens is 332 g/mol. The standard InChI is InChI=1S/C15H18N4O4S/c1-10-12(5-3-8-16-10)18-24(22,23)14-7-6-13(19(20)21)11-4-2-9-17-15(11)14/h2,4,6-7,9-10,12,16,18H,3,5,8H2,1H3. The quantitative estimate of drug-likeness (QED) is 0.639. The number of aromatic nitrogens is 1. The van der Waals surface area contributed by atoms with Gasteiger partial charge in [-0.25, -0.2) is 13.1 Å². The van der Waals surface area contributed by atoms with Crippen LogP contribution < -0.4 is 10.0 Å². The van der Waals surface area contributed by atoms with Crippen molar-refractivity contribution in [2.45, 2.75) is 36.7 Å². The normalized spacial score (nSPS) is 21.7. The maximum atomic E-state index is 12.8. The van der Waals surface area contributed by atoms with E-state index in [4.69, 9.17) is 0 Å². The molecule has 24 heavy (non-hydrogen) atoms. The summed E-state index contributed by atoms with van der Waals surface area (Å²) in [5.41, 5.74) is -0.0552. The zero-order valence-corrected chi connectivity index (χ0v) is 13.9. The lowest BCUT2D eigenvalue weighted by atomic mass is 10.0. The van der Waals surface area contributed by atoms with Crippen molar-refractivity contribution in [3.05, 3.63) is 40.6 Å². The van der Waals surface area contributed by atoms with Crippen molar-refractivity contribution in [3.63, 3.8) is 0 Å². The van der Waals surface area contributed by atoms with Crippen LogP contribution in [-0.2, 0) is 10.0 Å². The first kappa shape index (κ1) is 16.7. The first-order chi connectivity index (χ1) is 11.4. The molecule has 2 unspecified atom stereocenters. The lowest BCUT2D eigenvalue weighted by Crippen LogP contribution is -2.51. The molecule has 8 nitrogen and oxygen atoms in total. The summed E-state index contributed by atoms with van der Waals surface area (Å²) in [7, 11) is -3.84. The SMILES string of the molecule is CC1NCCCC1NS(=O)(=O)c1ccc([N+](=O)[O-])c2cccnc12. The first-order valence-corrected chi connectivity index (χ1v) is 9.16. The van der Waals surface area contributed by atoms with Gasteiger partial charge in [-0.3, -0.25) is 15.1 Å². The number of nitro groups is 1. The Morgan fingerprint density at radius 1 is 1.38 bits per heavy atom. The summed E-state index contributed by atoms with van der Waals surface area (Å²) in [5, 5.41) is 14.6. The second kappa shape index (κ2) is 6.42. The van der Waals surface area contributed by atoms with E-state index in [1.165, 1.54) is 24.4 Å². The average molecular weight is 350 g/mol. The molecule has 2 aromatic rings. The Morgan fingerprint density at radius 3 is 2.88 bits per heavy atom. The molecule has 0 saturated carbocycles. The minimum atomic E-state index is -3.84. The number of rotatable bonds is 4. The zero-order chi connectivity index (χ0) is 17.3. The van der Waals surface area contributed by atoms with Gasteiger partial charge >= 0.3 is 0 Å². The molecule has 0 aliphatic carbocycles. The topological polar surface area (TPSA) is 114 Å². The summed E-state index contributed by atoms with van der Waals surface area (Å²) in [4.78, 5) is 14.6. The Labute approximate surface area is 139 Å². The average Bonchev–Trinajstić information content (AvgIpc) is 2.55. The van der Waals surface area contributed by atoms with Crippen LogP contribution in [0.3, 0.4) is 0 Å². The molecule has 1 aliphatic heterocycles. The van der Waals surface area contributed by atoms with Gasteiger partial charge in [0.25, 0.3) is 5.69 Å². The monoisotopic (exact) mass is 350 g/mol. The third-order valence-electron chi connectivity index (χ3n) is 4.26. The summed E-state index contributed by atoms with van der Waals surface area (Å²) in [5.74, 6) is 0. The molecule has 0 spiro atoms. The maximum absolute atomic E-state index is 12.8. The smallest absolute Gasteiger partial charge is 0.278 e. The van der Waals surface area contributed by atoms with Gasteiger partial charge in [0.15, 0.2) is 0 Å². The molecule has 128 valence electrons. The van der Waals surface area contributed by atoms with Crippen molar-refractivity contribution in [1.29, 1.82) is 0 Å². The van der Waals surface area contributed by atoms with E-state index in [1.54, 1.807) is 6.07 Å². The molecule has 0 bridgehead atoms. The summed E-state index contributed by atoms with van der Waals surface area (Å²) >= 11 is 0. The van der Waals surface area contributed by atoms with Crippen molar-refractivity contribution in [3.8, 4) is 0 Å². The number of piperidine rings is 1. The number of nitrogens with zero attached hydrogens (tertiary/aromatic N) is 2. The van der Waals surface area contributed by atoms with E-state index in [0.717, 1.165) is 19.4 Å². The van der Waals surface area contributed by atoms with Crippen LogP contribution in [0.25, 0.3) is 10.9 Å². The van der Waals surface area contributed by atoms with E-state index < -0.39 is 14.9 Å². The number of pyridine rings is 1. The van der Waals surface area contributed by atoms with Crippen LogP contribution in [0.15, 0.2) is 35.4 Å². The van der Waals surface area contributed by atoms with Crippen LogP contribution in [0.1, 0.15) is 19.8 Å². The molecule has 3 rings (SSSR count). The third-order valence-corrected chi connectivity index (χ3v) is 5.79. The van der Waals surface area contributed by atoms with Gasteiger partial charge in [0, 0.05) is 24.3 Å². The number of hydrogen-bond donors (Lipinski definition) is 2. The molecule has 2 atom stereocenters. The van der Waals surface area contributed by atoms with E-state index >= 15 is 0 Å². The summed E-state index contributed by atoms with van der Waals surface area (Å²) in [6, 6.07) is 5.30. The number of non-ortho nitro benzene ring substituents is 1. The van der Waals surface area contributed by atoms with E-state index in [0.29, 0.717) is 0 Å². The number of sulfonamides is 1. The van der Waals surface area contributed by atoms with Gasteiger partial charge < -0.3 is 5.32 Å². The lowest BCUT2D eigenvalue weighted by Gasteiger charge is -2.30. The molecule has 1 aliphatic rings. The highest BCUT2D eigenvalue weighted by Crippen LogP contribution is 2.29. The van der Waals surface area contributed by atoms with Gasteiger partial charge in [0.05, 0.1) is 15.8 Å². The van der Waals surface area contributed by atoms with Crippen LogP contribution in [0.5, 0.6) is 0 Å². The minimum Gasteiger partial charge on any atom is -0.313 e. The van der Waals surface area contributed by atoms with Crippen LogP contribution in [0.4, 0.5) is 5.69 Å². The number of nitro benzene ring substituents is 1. The molecule has 0 radical (unpaired) electrons. The Kier molecular flexibility index (Phi) is 4.48.